The Bertz CT molecular complexity index is 184. The number of nitrogens with two attached hydrogens (primary N) is 2. The molecule has 3 heteroatoms. The molecule has 0 spiro atoms. The van der Waals surface area contributed by atoms with Crippen LogP contribution in [0.15, 0.2) is 4.99 Å². The molecule has 17 heavy (non-hydrogen) atoms. The molecule has 0 radical (unpaired) electrons. The molecule has 0 aliphatic carbocycles. The third kappa shape index (κ3) is 15.3. The van der Waals surface area contributed by atoms with E-state index in [-0.39, 0.29) is 5.96 Å². The summed E-state index contributed by atoms with van der Waals surface area (Å²) < 4.78 is 0. The number of unbranched alkanes of at least 4 members (excludes halogenated alkanes) is 7. The lowest BCUT2D eigenvalue weighted by Crippen LogP contribution is -2.22. The zero-order chi connectivity index (χ0) is 12.9. The molecule has 102 valence electrons. The summed E-state index contributed by atoms with van der Waals surface area (Å²) in [4.78, 5) is 3.97. The molecule has 0 aromatic carbocycles. The summed E-state index contributed by atoms with van der Waals surface area (Å²) in [5.41, 5.74) is 10.5. The van der Waals surface area contributed by atoms with Crippen molar-refractivity contribution in [2.75, 3.05) is 6.54 Å². The van der Waals surface area contributed by atoms with Crippen LogP contribution in [0.3, 0.4) is 0 Å². The predicted octanol–water partition coefficient (Wildman–Crippen LogP) is 3.43. The van der Waals surface area contributed by atoms with Gasteiger partial charge in [-0.2, -0.15) is 0 Å². The molecule has 0 aromatic heterocycles. The number of nitrogens with zero attached hydrogens (tertiary/aromatic N) is 1. The van der Waals surface area contributed by atoms with E-state index in [1.54, 1.807) is 0 Å². The molecule has 0 rings (SSSR count). The normalized spacial score (nSPS) is 10.8. The average molecular weight is 241 g/mol. The second-order valence-electron chi connectivity index (χ2n) is 5.32. The van der Waals surface area contributed by atoms with Crippen LogP contribution in [0.5, 0.6) is 0 Å². The number of guanidine groups is 1. The Kier molecular flexibility index (Phi) is 11.2. The smallest absolute Gasteiger partial charge is 0.185 e. The quantitative estimate of drug-likeness (QED) is 0.331. The first-order valence-electron chi connectivity index (χ1n) is 7.18. The number of aliphatic imine (C=N–C) groups is 1. The molecular weight excluding hydrogens is 210 g/mol. The Balaban J connectivity index is 3.01. The molecule has 0 heterocycles. The second kappa shape index (κ2) is 11.7. The van der Waals surface area contributed by atoms with Crippen molar-refractivity contribution in [2.45, 2.75) is 71.6 Å². The molecular formula is C14H31N3. The number of hydrogen-bond donors (Lipinski definition) is 2. The molecule has 0 bridgehead atoms. The third-order valence-corrected chi connectivity index (χ3v) is 2.98. The molecule has 0 atom stereocenters. The first kappa shape index (κ1) is 16.3. The fourth-order valence-corrected chi connectivity index (χ4v) is 1.93. The van der Waals surface area contributed by atoms with E-state index in [1.807, 2.05) is 0 Å². The lowest BCUT2D eigenvalue weighted by atomic mass is 10.0. The van der Waals surface area contributed by atoms with Gasteiger partial charge in [-0.3, -0.25) is 4.99 Å². The van der Waals surface area contributed by atoms with E-state index in [0.717, 1.165) is 18.9 Å². The maximum absolute atomic E-state index is 5.25. The van der Waals surface area contributed by atoms with E-state index in [9.17, 15) is 0 Å². The zero-order valence-corrected chi connectivity index (χ0v) is 11.8. The van der Waals surface area contributed by atoms with Gasteiger partial charge in [-0.05, 0) is 12.3 Å². The number of hydrogen-bond acceptors (Lipinski definition) is 1. The molecule has 0 fully saturated rings. The van der Waals surface area contributed by atoms with Gasteiger partial charge >= 0.3 is 0 Å². The molecule has 0 aliphatic heterocycles. The van der Waals surface area contributed by atoms with Crippen molar-refractivity contribution in [1.82, 2.24) is 0 Å². The van der Waals surface area contributed by atoms with Crippen LogP contribution >= 0.6 is 0 Å². The van der Waals surface area contributed by atoms with Crippen LogP contribution in [0.1, 0.15) is 71.6 Å². The van der Waals surface area contributed by atoms with Crippen molar-refractivity contribution in [2.24, 2.45) is 22.4 Å². The minimum atomic E-state index is 0.218. The van der Waals surface area contributed by atoms with E-state index in [0.29, 0.717) is 0 Å². The highest BCUT2D eigenvalue weighted by Crippen LogP contribution is 2.12. The summed E-state index contributed by atoms with van der Waals surface area (Å²) in [6.45, 7) is 5.39. The molecule has 0 saturated carbocycles. The van der Waals surface area contributed by atoms with Crippen LogP contribution in [0, 0.1) is 5.92 Å². The Labute approximate surface area is 107 Å². The summed E-state index contributed by atoms with van der Waals surface area (Å²) in [5.74, 6) is 1.08. The van der Waals surface area contributed by atoms with Crippen molar-refractivity contribution in [3.63, 3.8) is 0 Å². The van der Waals surface area contributed by atoms with Crippen molar-refractivity contribution in [1.29, 1.82) is 0 Å². The Morgan fingerprint density at radius 2 is 1.29 bits per heavy atom. The Hall–Kier alpha value is -0.730. The predicted molar refractivity (Wildman–Crippen MR) is 77.1 cm³/mol. The minimum absolute atomic E-state index is 0.218. The largest absolute Gasteiger partial charge is 0.370 e. The van der Waals surface area contributed by atoms with E-state index in [1.165, 1.54) is 51.4 Å². The monoisotopic (exact) mass is 241 g/mol. The van der Waals surface area contributed by atoms with Crippen LogP contribution in [0.4, 0.5) is 0 Å². The molecule has 4 N–H and O–H groups in total. The Morgan fingerprint density at radius 1 is 0.824 bits per heavy atom. The first-order valence-corrected chi connectivity index (χ1v) is 7.18. The highest BCUT2D eigenvalue weighted by molar-refractivity contribution is 5.75. The van der Waals surface area contributed by atoms with Gasteiger partial charge in [0.15, 0.2) is 5.96 Å². The lowest BCUT2D eigenvalue weighted by Gasteiger charge is -2.04. The van der Waals surface area contributed by atoms with Crippen LogP contribution < -0.4 is 11.5 Å². The second-order valence-corrected chi connectivity index (χ2v) is 5.32. The van der Waals surface area contributed by atoms with Gasteiger partial charge in [0.1, 0.15) is 0 Å². The van der Waals surface area contributed by atoms with E-state index in [2.05, 4.69) is 18.8 Å². The van der Waals surface area contributed by atoms with E-state index < -0.39 is 0 Å². The summed E-state index contributed by atoms with van der Waals surface area (Å²) in [6, 6.07) is 0. The third-order valence-electron chi connectivity index (χ3n) is 2.98. The zero-order valence-electron chi connectivity index (χ0n) is 11.8. The van der Waals surface area contributed by atoms with Crippen LogP contribution in [0.2, 0.25) is 0 Å². The van der Waals surface area contributed by atoms with Crippen LogP contribution in [0.25, 0.3) is 0 Å². The van der Waals surface area contributed by atoms with Crippen LogP contribution in [-0.4, -0.2) is 12.5 Å². The molecule has 0 saturated heterocycles. The summed E-state index contributed by atoms with van der Waals surface area (Å²) >= 11 is 0. The summed E-state index contributed by atoms with van der Waals surface area (Å²) in [7, 11) is 0. The number of rotatable bonds is 11. The van der Waals surface area contributed by atoms with Gasteiger partial charge in [-0.15, -0.1) is 0 Å². The van der Waals surface area contributed by atoms with Crippen molar-refractivity contribution in [3.05, 3.63) is 0 Å². The maximum atomic E-state index is 5.25. The highest BCUT2D eigenvalue weighted by atomic mass is 15.0. The lowest BCUT2D eigenvalue weighted by molar-refractivity contribution is 0.508. The van der Waals surface area contributed by atoms with Gasteiger partial charge in [-0.25, -0.2) is 0 Å². The van der Waals surface area contributed by atoms with Crippen molar-refractivity contribution < 1.29 is 0 Å². The standard InChI is InChI=1S/C14H31N3/c1-13(2)11-9-7-5-3-4-6-8-10-12-17-14(15)16/h13H,3-12H2,1-2H3,(H4,15,16,17). The van der Waals surface area contributed by atoms with Crippen molar-refractivity contribution in [3.8, 4) is 0 Å². The fourth-order valence-electron chi connectivity index (χ4n) is 1.93. The topological polar surface area (TPSA) is 64.4 Å². The summed E-state index contributed by atoms with van der Waals surface area (Å²) in [6.07, 6.45) is 12.1. The highest BCUT2D eigenvalue weighted by Gasteiger charge is 1.95. The molecule has 0 aliphatic rings. The molecule has 0 unspecified atom stereocenters. The molecule has 0 aromatic rings. The van der Waals surface area contributed by atoms with E-state index >= 15 is 0 Å². The summed E-state index contributed by atoms with van der Waals surface area (Å²) in [5, 5.41) is 0. The first-order chi connectivity index (χ1) is 8.13. The molecule has 3 nitrogen and oxygen atoms in total. The van der Waals surface area contributed by atoms with Gasteiger partial charge in [0, 0.05) is 6.54 Å². The van der Waals surface area contributed by atoms with Gasteiger partial charge in [0.25, 0.3) is 0 Å². The maximum Gasteiger partial charge on any atom is 0.185 e. The molecule has 0 amide bonds. The van der Waals surface area contributed by atoms with Gasteiger partial charge < -0.3 is 11.5 Å². The fraction of sp³-hybridized carbons (Fsp3) is 0.929. The average Bonchev–Trinajstić information content (AvgIpc) is 2.25. The Morgan fingerprint density at radius 3 is 1.76 bits per heavy atom. The van der Waals surface area contributed by atoms with Gasteiger partial charge in [0.2, 0.25) is 0 Å². The minimum Gasteiger partial charge on any atom is -0.370 e. The van der Waals surface area contributed by atoms with Crippen molar-refractivity contribution >= 4 is 5.96 Å². The van der Waals surface area contributed by atoms with Crippen LogP contribution in [-0.2, 0) is 0 Å². The van der Waals surface area contributed by atoms with Gasteiger partial charge in [0.05, 0.1) is 0 Å². The van der Waals surface area contributed by atoms with E-state index in [4.69, 9.17) is 11.5 Å². The SMILES string of the molecule is CC(C)CCCCCCCCCCN=C(N)N. The van der Waals surface area contributed by atoms with Gasteiger partial charge in [-0.1, -0.05) is 65.2 Å².